The number of carbonyl (C=O) groups excluding carboxylic acids is 2. The van der Waals surface area contributed by atoms with Crippen LogP contribution in [0, 0.1) is 12.7 Å². The van der Waals surface area contributed by atoms with Crippen LogP contribution >= 0.6 is 0 Å². The first-order chi connectivity index (χ1) is 21.8. The third-order valence-electron chi connectivity index (χ3n) is 6.38. The number of nitrogens with one attached hydrogen (secondary N) is 2. The first-order valence-electron chi connectivity index (χ1n) is 14.2. The zero-order valence-corrected chi connectivity index (χ0v) is 23.2. The molecule has 236 valence electrons. The number of aliphatic hydroxyl groups is 3. The summed E-state index contributed by atoms with van der Waals surface area (Å²) < 4.78 is 53.2. The number of ether oxygens (including phenoxy) is 2. The van der Waals surface area contributed by atoms with E-state index >= 15 is 0 Å². The number of benzene rings is 1. The van der Waals surface area contributed by atoms with E-state index in [-0.39, 0.29) is 17.0 Å². The Hall–Kier alpha value is -4.78. The summed E-state index contributed by atoms with van der Waals surface area (Å²) in [7, 11) is 0. The average Bonchev–Trinajstić information content (AvgIpc) is 3.42. The Labute approximate surface area is 251 Å². The molecule has 3 aromatic rings. The third-order valence-corrected chi connectivity index (χ3v) is 6.38. The molecule has 44 heavy (non-hydrogen) atoms. The van der Waals surface area contributed by atoms with Gasteiger partial charge in [0.05, 0.1) is 5.54 Å². The van der Waals surface area contributed by atoms with E-state index in [9.17, 15) is 44.0 Å². The minimum absolute atomic E-state index is 0.0296. The lowest BCUT2D eigenvalue weighted by atomic mass is 9.99. The number of hydrogen-bond donors (Lipinski definition) is 6. The van der Waals surface area contributed by atoms with Crippen LogP contribution in [0.3, 0.4) is 0 Å². The molecule has 1 saturated heterocycles. The number of carboxylic acid groups (broad SMARTS) is 1. The molecule has 1 fully saturated rings. The van der Waals surface area contributed by atoms with Crippen molar-refractivity contribution in [1.82, 2.24) is 30.4 Å². The first kappa shape index (κ1) is 28.0. The lowest BCUT2D eigenvalue weighted by Crippen LogP contribution is -2.61. The molecule has 0 saturated carbocycles. The highest BCUT2D eigenvalue weighted by atomic mass is 19.1. The third kappa shape index (κ3) is 6.57. The Kier molecular flexibility index (Phi) is 7.93. The maximum atomic E-state index is 13.9. The molecule has 2 amide bonds. The van der Waals surface area contributed by atoms with E-state index in [2.05, 4.69) is 25.8 Å². The number of aliphatic carboxylic acids is 1. The van der Waals surface area contributed by atoms with Gasteiger partial charge in [-0.2, -0.15) is 0 Å². The molecule has 1 aliphatic rings. The van der Waals surface area contributed by atoms with Gasteiger partial charge in [-0.05, 0) is 31.5 Å². The van der Waals surface area contributed by atoms with Gasteiger partial charge in [0.2, 0.25) is 17.9 Å². The summed E-state index contributed by atoms with van der Waals surface area (Å²) in [5.41, 5.74) is -4.01. The summed E-state index contributed by atoms with van der Waals surface area (Å²) in [6.07, 6.45) is -11.0. The second-order valence-electron chi connectivity index (χ2n) is 10.1. The van der Waals surface area contributed by atoms with Crippen molar-refractivity contribution in [1.29, 1.82) is 0 Å². The molecule has 18 heteroatoms. The second kappa shape index (κ2) is 12.4. The number of hydrogen-bond acceptors (Lipinski definition) is 13. The van der Waals surface area contributed by atoms with E-state index in [0.717, 1.165) is 12.1 Å². The van der Waals surface area contributed by atoms with Gasteiger partial charge < -0.3 is 45.0 Å². The molecule has 5 atom stereocenters. The second-order valence-corrected chi connectivity index (χ2v) is 10.1. The normalized spacial score (nSPS) is 23.2. The number of aromatic nitrogens is 4. The Morgan fingerprint density at radius 2 is 1.80 bits per heavy atom. The van der Waals surface area contributed by atoms with E-state index in [1.807, 2.05) is 0 Å². The van der Waals surface area contributed by atoms with Gasteiger partial charge in [-0.3, -0.25) is 19.0 Å². The minimum atomic E-state index is -3.37. The molecule has 0 aliphatic carbocycles. The Morgan fingerprint density at radius 3 is 2.39 bits per heavy atom. The standard InChI is InChI=1S/C26H29FN6O11/c1-10-31-32-21(42-10)20(38)30-26(2,3)25-29-13(19(37)28-9-11-5-7-12(27)8-6-11)17(22(39)33(25)4)43-24-16(36)14(34)15(35)18(44-24)23(40)41/h5-8,14-16,18,24,34-36H,9H2,1-4H3,(H,28,37)(H,30,38)(H,40,41)/i4D3. The number of carbonyl (C=O) groups is 3. The summed E-state index contributed by atoms with van der Waals surface area (Å²) in [4.78, 5) is 56.0. The van der Waals surface area contributed by atoms with Crippen molar-refractivity contribution in [2.24, 2.45) is 6.98 Å². The lowest BCUT2D eigenvalue weighted by Gasteiger charge is -2.38. The van der Waals surface area contributed by atoms with Crippen molar-refractivity contribution in [3.63, 3.8) is 0 Å². The van der Waals surface area contributed by atoms with Crippen LogP contribution in [0.25, 0.3) is 0 Å². The van der Waals surface area contributed by atoms with Crippen molar-refractivity contribution >= 4 is 17.8 Å². The molecule has 4 rings (SSSR count). The fourth-order valence-corrected chi connectivity index (χ4v) is 4.10. The smallest absolute Gasteiger partial charge is 0.335 e. The molecule has 1 aliphatic heterocycles. The number of amides is 2. The molecule has 1 aromatic carbocycles. The Morgan fingerprint density at radius 1 is 1.11 bits per heavy atom. The van der Waals surface area contributed by atoms with Crippen molar-refractivity contribution in [2.75, 3.05) is 0 Å². The number of aryl methyl sites for hydroxylation is 1. The van der Waals surface area contributed by atoms with Crippen molar-refractivity contribution in [2.45, 2.75) is 63.6 Å². The van der Waals surface area contributed by atoms with Gasteiger partial charge in [0.1, 0.15) is 30.0 Å². The molecular formula is C26H29FN6O11. The van der Waals surface area contributed by atoms with Crippen LogP contribution in [-0.4, -0.2) is 88.7 Å². The first-order valence-corrected chi connectivity index (χ1v) is 12.7. The Balaban J connectivity index is 1.85. The van der Waals surface area contributed by atoms with Crippen LogP contribution in [0.15, 0.2) is 33.5 Å². The van der Waals surface area contributed by atoms with Crippen LogP contribution in [0.5, 0.6) is 5.75 Å². The average molecular weight is 624 g/mol. The van der Waals surface area contributed by atoms with Crippen LogP contribution in [0.2, 0.25) is 0 Å². The lowest BCUT2D eigenvalue weighted by molar-refractivity contribution is -0.271. The molecule has 3 heterocycles. The maximum absolute atomic E-state index is 13.9. The quantitative estimate of drug-likeness (QED) is 0.158. The van der Waals surface area contributed by atoms with Crippen molar-refractivity contribution in [3.05, 3.63) is 69.3 Å². The molecule has 6 N–H and O–H groups in total. The van der Waals surface area contributed by atoms with E-state index in [1.165, 1.54) is 32.9 Å². The van der Waals surface area contributed by atoms with Gasteiger partial charge in [-0.15, -0.1) is 10.2 Å². The fraction of sp³-hybridized carbons (Fsp3) is 0.423. The number of aliphatic hydroxyl groups excluding tert-OH is 3. The van der Waals surface area contributed by atoms with Crippen LogP contribution in [0.4, 0.5) is 4.39 Å². The molecule has 2 aromatic heterocycles. The van der Waals surface area contributed by atoms with Gasteiger partial charge in [0.25, 0.3) is 11.5 Å². The van der Waals surface area contributed by atoms with Gasteiger partial charge in [-0.1, -0.05) is 12.1 Å². The minimum Gasteiger partial charge on any atom is -0.479 e. The summed E-state index contributed by atoms with van der Waals surface area (Å²) in [5, 5.41) is 52.1. The van der Waals surface area contributed by atoms with Gasteiger partial charge in [0, 0.05) is 24.6 Å². The van der Waals surface area contributed by atoms with E-state index in [1.54, 1.807) is 0 Å². The van der Waals surface area contributed by atoms with E-state index in [4.69, 9.17) is 18.0 Å². The van der Waals surface area contributed by atoms with Gasteiger partial charge in [-0.25, -0.2) is 14.2 Å². The summed E-state index contributed by atoms with van der Waals surface area (Å²) in [6.45, 7) is 0.242. The highest BCUT2D eigenvalue weighted by Crippen LogP contribution is 2.26. The zero-order valence-electron chi connectivity index (χ0n) is 26.2. The Bertz CT molecular complexity index is 1730. The highest BCUT2D eigenvalue weighted by Gasteiger charge is 2.49. The predicted molar refractivity (Wildman–Crippen MR) is 142 cm³/mol. The zero-order chi connectivity index (χ0) is 35.0. The van der Waals surface area contributed by atoms with Crippen LogP contribution in [-0.2, 0) is 28.6 Å². The molecule has 0 bridgehead atoms. The van der Waals surface area contributed by atoms with Crippen LogP contribution < -0.4 is 20.9 Å². The predicted octanol–water partition coefficient (Wildman–Crippen LogP) is -1.52. The largest absolute Gasteiger partial charge is 0.479 e. The molecule has 0 radical (unpaired) electrons. The summed E-state index contributed by atoms with van der Waals surface area (Å²) in [6, 6.07) is 4.89. The topological polar surface area (TPSA) is 248 Å². The number of carboxylic acids is 1. The van der Waals surface area contributed by atoms with Crippen LogP contribution in [0.1, 0.15) is 56.4 Å². The number of rotatable bonds is 9. The maximum Gasteiger partial charge on any atom is 0.335 e. The summed E-state index contributed by atoms with van der Waals surface area (Å²) in [5.74, 6) is -6.92. The fourth-order valence-electron chi connectivity index (χ4n) is 4.10. The molecular weight excluding hydrogens is 591 g/mol. The van der Waals surface area contributed by atoms with Gasteiger partial charge >= 0.3 is 17.8 Å². The molecule has 0 spiro atoms. The highest BCUT2D eigenvalue weighted by molar-refractivity contribution is 5.95. The van der Waals surface area contributed by atoms with E-state index in [0.29, 0.717) is 5.56 Å². The SMILES string of the molecule is [2H]C([2H])([2H])n1c(C(C)(C)NC(=O)c2nnc(C)o2)nc(C(=O)NCc2ccc(F)cc2)c(OC2OC(C(=O)O)C(O)C(O)C2O)c1=O. The molecule has 5 unspecified atom stereocenters. The van der Waals surface area contributed by atoms with E-state index < -0.39 is 95.5 Å². The number of halogens is 1. The monoisotopic (exact) mass is 623 g/mol. The summed E-state index contributed by atoms with van der Waals surface area (Å²) >= 11 is 0. The van der Waals surface area contributed by atoms with Crippen molar-refractivity contribution in [3.8, 4) is 5.75 Å². The molecule has 17 nitrogen and oxygen atoms in total. The van der Waals surface area contributed by atoms with Crippen molar-refractivity contribution < 1.29 is 57.2 Å². The van der Waals surface area contributed by atoms with Gasteiger partial charge in [0.15, 0.2) is 11.8 Å². The number of nitrogens with zero attached hydrogens (tertiary/aromatic N) is 4.